The van der Waals surface area contributed by atoms with Crippen LogP contribution in [0.4, 0.5) is 18.9 Å². The summed E-state index contributed by atoms with van der Waals surface area (Å²) in [7, 11) is -3.55. The summed E-state index contributed by atoms with van der Waals surface area (Å²) < 4.78 is 65.5. The second-order valence-corrected chi connectivity index (χ2v) is 9.11. The molecular weight excluding hydrogens is 445 g/mol. The lowest BCUT2D eigenvalue weighted by Gasteiger charge is -2.12. The van der Waals surface area contributed by atoms with Crippen LogP contribution in [0.5, 0.6) is 0 Å². The zero-order chi connectivity index (χ0) is 19.7. The Morgan fingerprint density at radius 3 is 2.30 bits per heavy atom. The molecule has 3 rings (SSSR count). The largest absolute Gasteiger partial charge is 0.416 e. The SMILES string of the molecule is O=S(=O)(NCC1CC1)c1ccc(NCc2ccc(C(F)(F)F)cc2)c(Br)c1. The molecule has 0 amide bonds. The Kier molecular flexibility index (Phi) is 5.83. The van der Waals surface area contributed by atoms with E-state index >= 15 is 0 Å². The van der Waals surface area contributed by atoms with Gasteiger partial charge < -0.3 is 5.32 Å². The summed E-state index contributed by atoms with van der Waals surface area (Å²) in [4.78, 5) is 0.162. The quantitative estimate of drug-likeness (QED) is 0.622. The highest BCUT2D eigenvalue weighted by Crippen LogP contribution is 2.31. The molecule has 146 valence electrons. The summed E-state index contributed by atoms with van der Waals surface area (Å²) in [6.07, 6.45) is -2.25. The first-order valence-electron chi connectivity index (χ1n) is 8.34. The van der Waals surface area contributed by atoms with Gasteiger partial charge in [-0.1, -0.05) is 12.1 Å². The summed E-state index contributed by atoms with van der Waals surface area (Å²) in [5, 5.41) is 3.08. The number of nitrogens with one attached hydrogen (secondary N) is 2. The van der Waals surface area contributed by atoms with Gasteiger partial charge >= 0.3 is 6.18 Å². The zero-order valence-corrected chi connectivity index (χ0v) is 16.6. The average molecular weight is 463 g/mol. The third-order valence-corrected chi connectivity index (χ3v) is 6.35. The number of rotatable bonds is 7. The van der Waals surface area contributed by atoms with E-state index in [9.17, 15) is 21.6 Å². The smallest absolute Gasteiger partial charge is 0.380 e. The average Bonchev–Trinajstić information content (AvgIpc) is 3.43. The molecule has 1 saturated carbocycles. The first-order chi connectivity index (χ1) is 12.6. The first-order valence-corrected chi connectivity index (χ1v) is 10.6. The van der Waals surface area contributed by atoms with E-state index in [-0.39, 0.29) is 4.90 Å². The van der Waals surface area contributed by atoms with Gasteiger partial charge in [0.2, 0.25) is 10.0 Å². The molecule has 1 fully saturated rings. The number of sulfonamides is 1. The van der Waals surface area contributed by atoms with Crippen molar-refractivity contribution in [1.82, 2.24) is 4.72 Å². The third-order valence-electron chi connectivity index (χ3n) is 4.27. The van der Waals surface area contributed by atoms with Gasteiger partial charge in [-0.3, -0.25) is 0 Å². The molecule has 0 unspecified atom stereocenters. The lowest BCUT2D eigenvalue weighted by atomic mass is 10.1. The van der Waals surface area contributed by atoms with Crippen LogP contribution in [-0.4, -0.2) is 15.0 Å². The highest BCUT2D eigenvalue weighted by Gasteiger charge is 2.30. The monoisotopic (exact) mass is 462 g/mol. The van der Waals surface area contributed by atoms with Gasteiger partial charge in [0.15, 0.2) is 0 Å². The fraction of sp³-hybridized carbons (Fsp3) is 0.333. The molecule has 4 nitrogen and oxygen atoms in total. The lowest BCUT2D eigenvalue weighted by Crippen LogP contribution is -2.25. The Labute approximate surface area is 164 Å². The first kappa shape index (κ1) is 20.2. The standard InChI is InChI=1S/C18H18BrF3N2O2S/c19-16-9-15(27(25,26)24-11-13-1-2-13)7-8-17(16)23-10-12-3-5-14(6-4-12)18(20,21)22/h3-9,13,23-24H,1-2,10-11H2. The van der Waals surface area contributed by atoms with Crippen molar-refractivity contribution in [1.29, 1.82) is 0 Å². The van der Waals surface area contributed by atoms with Crippen LogP contribution in [0.2, 0.25) is 0 Å². The van der Waals surface area contributed by atoms with Gasteiger partial charge in [0, 0.05) is 23.2 Å². The topological polar surface area (TPSA) is 58.2 Å². The Morgan fingerprint density at radius 1 is 1.07 bits per heavy atom. The van der Waals surface area contributed by atoms with Crippen LogP contribution in [0.25, 0.3) is 0 Å². The molecule has 2 aromatic carbocycles. The zero-order valence-electron chi connectivity index (χ0n) is 14.2. The van der Waals surface area contributed by atoms with E-state index in [0.29, 0.717) is 34.7 Å². The molecule has 0 bridgehead atoms. The molecule has 27 heavy (non-hydrogen) atoms. The Morgan fingerprint density at radius 2 is 1.74 bits per heavy atom. The molecule has 1 aliphatic rings. The van der Waals surface area contributed by atoms with Crippen molar-refractivity contribution in [3.8, 4) is 0 Å². The summed E-state index contributed by atoms with van der Waals surface area (Å²) >= 11 is 3.34. The molecular formula is C18H18BrF3N2O2S. The van der Waals surface area contributed by atoms with Gasteiger partial charge in [-0.25, -0.2) is 13.1 Å². The van der Waals surface area contributed by atoms with Crippen LogP contribution < -0.4 is 10.0 Å². The van der Waals surface area contributed by atoms with Crippen molar-refractivity contribution in [2.24, 2.45) is 5.92 Å². The van der Waals surface area contributed by atoms with Crippen LogP contribution in [-0.2, 0) is 22.7 Å². The third kappa shape index (κ3) is 5.46. The van der Waals surface area contributed by atoms with Gasteiger partial charge in [-0.2, -0.15) is 13.2 Å². The highest BCUT2D eigenvalue weighted by atomic mass is 79.9. The van der Waals surface area contributed by atoms with Gasteiger partial charge in [-0.15, -0.1) is 0 Å². The van der Waals surface area contributed by atoms with Crippen molar-refractivity contribution in [2.45, 2.75) is 30.5 Å². The molecule has 0 spiro atoms. The molecule has 0 aromatic heterocycles. The summed E-state index contributed by atoms with van der Waals surface area (Å²) in [6.45, 7) is 0.761. The summed E-state index contributed by atoms with van der Waals surface area (Å²) in [5.41, 5.74) is 0.634. The predicted molar refractivity (Wildman–Crippen MR) is 101 cm³/mol. The van der Waals surface area contributed by atoms with E-state index in [0.717, 1.165) is 25.0 Å². The van der Waals surface area contributed by atoms with E-state index in [4.69, 9.17) is 0 Å². The number of alkyl halides is 3. The second-order valence-electron chi connectivity index (χ2n) is 6.49. The van der Waals surface area contributed by atoms with E-state index in [2.05, 4.69) is 26.0 Å². The minimum absolute atomic E-state index is 0.162. The number of hydrogen-bond donors (Lipinski definition) is 2. The maximum absolute atomic E-state index is 12.6. The number of anilines is 1. The van der Waals surface area contributed by atoms with Crippen LogP contribution in [0.1, 0.15) is 24.0 Å². The van der Waals surface area contributed by atoms with Crippen LogP contribution >= 0.6 is 15.9 Å². The number of halogens is 4. The highest BCUT2D eigenvalue weighted by molar-refractivity contribution is 9.10. The van der Waals surface area contributed by atoms with Crippen LogP contribution in [0.15, 0.2) is 51.8 Å². The van der Waals surface area contributed by atoms with Crippen LogP contribution in [0, 0.1) is 5.92 Å². The fourth-order valence-corrected chi connectivity index (χ4v) is 4.26. The fourth-order valence-electron chi connectivity index (χ4n) is 2.45. The van der Waals surface area contributed by atoms with Crippen molar-refractivity contribution in [2.75, 3.05) is 11.9 Å². The maximum atomic E-state index is 12.6. The van der Waals surface area contributed by atoms with Gasteiger partial charge in [0.1, 0.15) is 0 Å². The second kappa shape index (κ2) is 7.81. The Balaban J connectivity index is 1.64. The molecule has 0 aliphatic heterocycles. The minimum Gasteiger partial charge on any atom is -0.380 e. The molecule has 0 radical (unpaired) electrons. The number of benzene rings is 2. The van der Waals surface area contributed by atoms with Crippen molar-refractivity contribution >= 4 is 31.6 Å². The van der Waals surface area contributed by atoms with Crippen molar-refractivity contribution in [3.05, 3.63) is 58.1 Å². The van der Waals surface area contributed by atoms with Crippen molar-refractivity contribution < 1.29 is 21.6 Å². The Bertz CT molecular complexity index is 911. The van der Waals surface area contributed by atoms with Gasteiger partial charge in [0.05, 0.1) is 10.5 Å². The Hall–Kier alpha value is -1.58. The van der Waals surface area contributed by atoms with Crippen molar-refractivity contribution in [3.63, 3.8) is 0 Å². The predicted octanol–water partition coefficient (Wildman–Crippen LogP) is 4.77. The van der Waals surface area contributed by atoms with E-state index in [1.807, 2.05) is 0 Å². The van der Waals surface area contributed by atoms with E-state index in [1.165, 1.54) is 24.3 Å². The normalized spacial score (nSPS) is 15.0. The molecule has 2 N–H and O–H groups in total. The molecule has 9 heteroatoms. The molecule has 0 saturated heterocycles. The summed E-state index contributed by atoms with van der Waals surface area (Å²) in [6, 6.07) is 9.51. The minimum atomic E-state index is -4.36. The lowest BCUT2D eigenvalue weighted by molar-refractivity contribution is -0.137. The maximum Gasteiger partial charge on any atom is 0.416 e. The van der Waals surface area contributed by atoms with Gasteiger partial charge in [0.25, 0.3) is 0 Å². The van der Waals surface area contributed by atoms with Gasteiger partial charge in [-0.05, 0) is 70.6 Å². The molecule has 2 aromatic rings. The van der Waals surface area contributed by atoms with Crippen LogP contribution in [0.3, 0.4) is 0 Å². The molecule has 0 atom stereocenters. The van der Waals surface area contributed by atoms with E-state index < -0.39 is 21.8 Å². The van der Waals surface area contributed by atoms with E-state index in [1.54, 1.807) is 6.07 Å². The summed E-state index contributed by atoms with van der Waals surface area (Å²) in [5.74, 6) is 0.438. The molecule has 0 heterocycles. The number of hydrogen-bond acceptors (Lipinski definition) is 3. The molecule has 1 aliphatic carbocycles.